The standard InChI is InChI=1S/C21H24N2O3/c1-13-15-9-5-6-10-16(15)21(24)23(13)18-12-20(19(25-2)11-17(18)22)26-14-7-3-4-8-14/h5-6,9-14H,3-4,7-8,22H2,1-2H3. The van der Waals surface area contributed by atoms with Crippen LogP contribution in [0.15, 0.2) is 36.4 Å². The first-order valence-corrected chi connectivity index (χ1v) is 9.16. The lowest BCUT2D eigenvalue weighted by molar-refractivity contribution is 0.0992. The molecule has 5 nitrogen and oxygen atoms in total. The average Bonchev–Trinajstić information content (AvgIpc) is 3.24. The Kier molecular flexibility index (Phi) is 4.23. The van der Waals surface area contributed by atoms with Crippen LogP contribution in [0.3, 0.4) is 0 Å². The first kappa shape index (κ1) is 16.8. The minimum atomic E-state index is -0.0753. The van der Waals surface area contributed by atoms with Gasteiger partial charge >= 0.3 is 0 Å². The number of hydrogen-bond acceptors (Lipinski definition) is 4. The predicted octanol–water partition coefficient (Wildman–Crippen LogP) is 4.32. The summed E-state index contributed by atoms with van der Waals surface area (Å²) in [4.78, 5) is 14.7. The van der Waals surface area contributed by atoms with E-state index in [9.17, 15) is 4.79 Å². The number of rotatable bonds is 4. The lowest BCUT2D eigenvalue weighted by atomic mass is 10.1. The van der Waals surface area contributed by atoms with Gasteiger partial charge in [-0.3, -0.25) is 9.69 Å². The first-order chi connectivity index (χ1) is 12.6. The fourth-order valence-electron chi connectivity index (χ4n) is 4.03. The van der Waals surface area contributed by atoms with E-state index >= 15 is 0 Å². The number of amides is 1. The van der Waals surface area contributed by atoms with E-state index in [1.165, 1.54) is 12.8 Å². The van der Waals surface area contributed by atoms with Crippen LogP contribution in [0.2, 0.25) is 0 Å². The molecule has 5 heteroatoms. The number of nitrogen functional groups attached to an aromatic ring is 1. The molecule has 1 aliphatic carbocycles. The van der Waals surface area contributed by atoms with E-state index in [1.807, 2.05) is 37.3 Å². The SMILES string of the molecule is COc1cc(N)c(N2C(=O)c3ccccc3C2C)cc1OC1CCCC1. The minimum absolute atomic E-state index is 0.0308. The number of carbonyl (C=O) groups excluding carboxylic acids is 1. The summed E-state index contributed by atoms with van der Waals surface area (Å²) in [5.74, 6) is 1.23. The van der Waals surface area contributed by atoms with E-state index in [2.05, 4.69) is 0 Å². The van der Waals surface area contributed by atoms with Gasteiger partial charge in [0.15, 0.2) is 11.5 Å². The molecule has 1 atom stereocenters. The van der Waals surface area contributed by atoms with Crippen LogP contribution in [-0.2, 0) is 0 Å². The topological polar surface area (TPSA) is 64.8 Å². The van der Waals surface area contributed by atoms with Crippen molar-refractivity contribution in [3.8, 4) is 11.5 Å². The zero-order valence-corrected chi connectivity index (χ0v) is 15.2. The molecular weight excluding hydrogens is 328 g/mol. The van der Waals surface area contributed by atoms with E-state index in [0.717, 1.165) is 24.0 Å². The first-order valence-electron chi connectivity index (χ1n) is 9.16. The highest BCUT2D eigenvalue weighted by Crippen LogP contribution is 2.44. The number of anilines is 2. The van der Waals surface area contributed by atoms with E-state index in [0.29, 0.717) is 22.9 Å². The Bertz CT molecular complexity index is 843. The highest BCUT2D eigenvalue weighted by molar-refractivity contribution is 6.12. The Balaban J connectivity index is 1.73. The van der Waals surface area contributed by atoms with Crippen molar-refractivity contribution in [1.82, 2.24) is 0 Å². The summed E-state index contributed by atoms with van der Waals surface area (Å²) in [5.41, 5.74) is 9.21. The molecule has 1 unspecified atom stereocenters. The third kappa shape index (κ3) is 2.68. The van der Waals surface area contributed by atoms with Crippen molar-refractivity contribution in [2.75, 3.05) is 17.7 Å². The van der Waals surface area contributed by atoms with Gasteiger partial charge in [0.25, 0.3) is 5.91 Å². The summed E-state index contributed by atoms with van der Waals surface area (Å²) in [6, 6.07) is 11.2. The lowest BCUT2D eigenvalue weighted by Crippen LogP contribution is -2.27. The summed E-state index contributed by atoms with van der Waals surface area (Å²) in [6.07, 6.45) is 4.67. The molecule has 2 aliphatic rings. The van der Waals surface area contributed by atoms with Crippen molar-refractivity contribution in [2.24, 2.45) is 0 Å². The van der Waals surface area contributed by atoms with E-state index < -0.39 is 0 Å². The van der Waals surface area contributed by atoms with Gasteiger partial charge in [0.05, 0.1) is 30.6 Å². The number of ether oxygens (including phenoxy) is 2. The molecular formula is C21H24N2O3. The van der Waals surface area contributed by atoms with Crippen LogP contribution in [0.1, 0.15) is 54.6 Å². The van der Waals surface area contributed by atoms with Crippen molar-refractivity contribution < 1.29 is 14.3 Å². The molecule has 2 aromatic rings. The molecule has 136 valence electrons. The molecule has 2 aromatic carbocycles. The molecule has 0 spiro atoms. The summed E-state index contributed by atoms with van der Waals surface area (Å²) < 4.78 is 11.6. The Morgan fingerprint density at radius 1 is 1.12 bits per heavy atom. The number of hydrogen-bond donors (Lipinski definition) is 1. The fourth-order valence-corrected chi connectivity index (χ4v) is 4.03. The molecule has 0 radical (unpaired) electrons. The average molecular weight is 352 g/mol. The maximum Gasteiger partial charge on any atom is 0.259 e. The predicted molar refractivity (Wildman–Crippen MR) is 102 cm³/mol. The smallest absolute Gasteiger partial charge is 0.259 e. The van der Waals surface area contributed by atoms with Gasteiger partial charge in [0, 0.05) is 17.7 Å². The minimum Gasteiger partial charge on any atom is -0.493 e. The third-order valence-electron chi connectivity index (χ3n) is 5.42. The van der Waals surface area contributed by atoms with Gasteiger partial charge in [0.2, 0.25) is 0 Å². The second kappa shape index (κ2) is 6.56. The molecule has 0 saturated heterocycles. The van der Waals surface area contributed by atoms with Gasteiger partial charge in [-0.25, -0.2) is 0 Å². The van der Waals surface area contributed by atoms with Gasteiger partial charge < -0.3 is 15.2 Å². The van der Waals surface area contributed by atoms with Gasteiger partial charge in [-0.2, -0.15) is 0 Å². The number of carbonyl (C=O) groups is 1. The van der Waals surface area contributed by atoms with E-state index in [1.54, 1.807) is 18.1 Å². The summed E-state index contributed by atoms with van der Waals surface area (Å²) in [7, 11) is 1.61. The molecule has 0 bridgehead atoms. The van der Waals surface area contributed by atoms with Gasteiger partial charge in [-0.05, 0) is 44.2 Å². The molecule has 0 aromatic heterocycles. The normalized spacial score (nSPS) is 19.7. The molecule has 2 N–H and O–H groups in total. The van der Waals surface area contributed by atoms with Gasteiger partial charge in [0.1, 0.15) is 0 Å². The summed E-state index contributed by atoms with van der Waals surface area (Å²) in [6.45, 7) is 2.02. The molecule has 1 saturated carbocycles. The van der Waals surface area contributed by atoms with Crippen LogP contribution in [-0.4, -0.2) is 19.1 Å². The van der Waals surface area contributed by atoms with Crippen LogP contribution in [0.4, 0.5) is 11.4 Å². The number of nitrogens with two attached hydrogens (primary N) is 1. The molecule has 1 aliphatic heterocycles. The fraction of sp³-hybridized carbons (Fsp3) is 0.381. The lowest BCUT2D eigenvalue weighted by Gasteiger charge is -2.26. The maximum absolute atomic E-state index is 13.0. The van der Waals surface area contributed by atoms with Crippen LogP contribution in [0.25, 0.3) is 0 Å². The molecule has 1 fully saturated rings. The summed E-state index contributed by atoms with van der Waals surface area (Å²) in [5, 5.41) is 0. The number of benzene rings is 2. The Morgan fingerprint density at radius 2 is 1.85 bits per heavy atom. The van der Waals surface area contributed by atoms with Gasteiger partial charge in [-0.1, -0.05) is 18.2 Å². The molecule has 1 amide bonds. The second-order valence-corrected chi connectivity index (χ2v) is 7.02. The Morgan fingerprint density at radius 3 is 2.54 bits per heavy atom. The molecule has 26 heavy (non-hydrogen) atoms. The van der Waals surface area contributed by atoms with Gasteiger partial charge in [-0.15, -0.1) is 0 Å². The maximum atomic E-state index is 13.0. The summed E-state index contributed by atoms with van der Waals surface area (Å²) >= 11 is 0. The van der Waals surface area contributed by atoms with E-state index in [-0.39, 0.29) is 18.1 Å². The zero-order valence-electron chi connectivity index (χ0n) is 15.2. The molecule has 1 heterocycles. The van der Waals surface area contributed by atoms with Crippen molar-refractivity contribution in [2.45, 2.75) is 44.8 Å². The highest BCUT2D eigenvalue weighted by Gasteiger charge is 2.36. The van der Waals surface area contributed by atoms with Crippen LogP contribution in [0, 0.1) is 0 Å². The van der Waals surface area contributed by atoms with Crippen molar-refractivity contribution in [1.29, 1.82) is 0 Å². The Labute approximate surface area is 153 Å². The number of methoxy groups -OCH3 is 1. The van der Waals surface area contributed by atoms with E-state index in [4.69, 9.17) is 15.2 Å². The third-order valence-corrected chi connectivity index (χ3v) is 5.42. The van der Waals surface area contributed by atoms with Crippen molar-refractivity contribution in [3.63, 3.8) is 0 Å². The van der Waals surface area contributed by atoms with Crippen molar-refractivity contribution >= 4 is 17.3 Å². The molecule has 4 rings (SSSR count). The van der Waals surface area contributed by atoms with Crippen LogP contribution < -0.4 is 20.1 Å². The largest absolute Gasteiger partial charge is 0.493 e. The second-order valence-electron chi connectivity index (χ2n) is 7.02. The highest BCUT2D eigenvalue weighted by atomic mass is 16.5. The number of fused-ring (bicyclic) bond motifs is 1. The quantitative estimate of drug-likeness (QED) is 0.832. The number of nitrogens with zero attached hydrogens (tertiary/aromatic N) is 1. The Hall–Kier alpha value is -2.69. The van der Waals surface area contributed by atoms with Crippen LogP contribution in [0.5, 0.6) is 11.5 Å². The monoisotopic (exact) mass is 352 g/mol. The zero-order chi connectivity index (χ0) is 18.3. The van der Waals surface area contributed by atoms with Crippen molar-refractivity contribution in [3.05, 3.63) is 47.5 Å². The van der Waals surface area contributed by atoms with Crippen LogP contribution >= 0.6 is 0 Å².